The Kier molecular flexibility index (Phi) is 7.79. The standard InChI is InChI=1S/C10H15Cl2N3O.ClH/c1-3-14(4-2)5-6-15-10(16)9(12)8(11)7-13-15;/h7H,3-6H2,1-2H3;1H. The first-order valence-electron chi connectivity index (χ1n) is 5.23. The molecular formula is C10H16Cl3N3O. The molecule has 0 unspecified atom stereocenters. The van der Waals surface area contributed by atoms with Crippen LogP contribution in [0.15, 0.2) is 11.0 Å². The predicted molar refractivity (Wildman–Crippen MR) is 73.6 cm³/mol. The van der Waals surface area contributed by atoms with Crippen molar-refractivity contribution in [2.45, 2.75) is 20.4 Å². The summed E-state index contributed by atoms with van der Waals surface area (Å²) in [6.07, 6.45) is 1.40. The highest BCUT2D eigenvalue weighted by Gasteiger charge is 2.08. The smallest absolute Gasteiger partial charge is 0.287 e. The van der Waals surface area contributed by atoms with Crippen LogP contribution in [0.1, 0.15) is 13.8 Å². The maximum absolute atomic E-state index is 11.6. The van der Waals surface area contributed by atoms with Crippen molar-refractivity contribution in [3.05, 3.63) is 26.6 Å². The number of halogens is 3. The highest BCUT2D eigenvalue weighted by molar-refractivity contribution is 6.41. The topological polar surface area (TPSA) is 38.1 Å². The van der Waals surface area contributed by atoms with E-state index in [1.807, 2.05) is 0 Å². The monoisotopic (exact) mass is 299 g/mol. The van der Waals surface area contributed by atoms with Crippen LogP contribution < -0.4 is 5.56 Å². The van der Waals surface area contributed by atoms with Crippen molar-refractivity contribution >= 4 is 35.6 Å². The minimum atomic E-state index is -0.332. The van der Waals surface area contributed by atoms with Gasteiger partial charge >= 0.3 is 0 Å². The molecule has 1 aromatic rings. The summed E-state index contributed by atoms with van der Waals surface area (Å²) in [5, 5.41) is 4.18. The summed E-state index contributed by atoms with van der Waals surface area (Å²) >= 11 is 11.4. The van der Waals surface area contributed by atoms with Crippen LogP contribution in [0.3, 0.4) is 0 Å². The van der Waals surface area contributed by atoms with E-state index in [2.05, 4.69) is 23.8 Å². The number of rotatable bonds is 5. The van der Waals surface area contributed by atoms with Crippen LogP contribution in [-0.4, -0.2) is 34.3 Å². The van der Waals surface area contributed by atoms with Gasteiger partial charge in [0.05, 0.1) is 17.8 Å². The van der Waals surface area contributed by atoms with Gasteiger partial charge in [0.2, 0.25) is 0 Å². The van der Waals surface area contributed by atoms with Gasteiger partial charge in [-0.3, -0.25) is 4.79 Å². The molecule has 0 saturated carbocycles. The van der Waals surface area contributed by atoms with Gasteiger partial charge in [-0.2, -0.15) is 5.10 Å². The summed E-state index contributed by atoms with van der Waals surface area (Å²) in [6, 6.07) is 0. The van der Waals surface area contributed by atoms with E-state index in [1.165, 1.54) is 10.9 Å². The molecular weight excluding hydrogens is 284 g/mol. The molecule has 0 saturated heterocycles. The summed E-state index contributed by atoms with van der Waals surface area (Å²) in [7, 11) is 0. The summed E-state index contributed by atoms with van der Waals surface area (Å²) in [5.41, 5.74) is -0.332. The maximum atomic E-state index is 11.6. The molecule has 7 heteroatoms. The van der Waals surface area contributed by atoms with Gasteiger partial charge in [0.25, 0.3) is 5.56 Å². The second kappa shape index (κ2) is 7.93. The highest BCUT2D eigenvalue weighted by atomic mass is 35.5. The molecule has 0 aliphatic carbocycles. The molecule has 0 fully saturated rings. The van der Waals surface area contributed by atoms with Gasteiger partial charge in [0, 0.05) is 6.54 Å². The molecule has 17 heavy (non-hydrogen) atoms. The van der Waals surface area contributed by atoms with Crippen LogP contribution in [0.4, 0.5) is 0 Å². The average Bonchev–Trinajstić information content (AvgIpc) is 2.30. The Hall–Kier alpha value is -0.290. The van der Waals surface area contributed by atoms with Crippen LogP contribution in [0.5, 0.6) is 0 Å². The first-order chi connectivity index (χ1) is 7.60. The zero-order valence-electron chi connectivity index (χ0n) is 9.82. The Morgan fingerprint density at radius 1 is 1.35 bits per heavy atom. The Balaban J connectivity index is 0.00000256. The average molecular weight is 301 g/mol. The Morgan fingerprint density at radius 2 is 1.94 bits per heavy atom. The first kappa shape index (κ1) is 16.7. The third kappa shape index (κ3) is 4.47. The SMILES string of the molecule is CCN(CC)CCn1ncc(Cl)c(Cl)c1=O.Cl. The van der Waals surface area contributed by atoms with Crippen molar-refractivity contribution < 1.29 is 0 Å². The molecule has 0 atom stereocenters. The first-order valence-corrected chi connectivity index (χ1v) is 5.99. The van der Waals surface area contributed by atoms with E-state index in [0.717, 1.165) is 19.6 Å². The Labute approximate surface area is 117 Å². The van der Waals surface area contributed by atoms with E-state index in [0.29, 0.717) is 6.54 Å². The largest absolute Gasteiger partial charge is 0.302 e. The van der Waals surface area contributed by atoms with Gasteiger partial charge < -0.3 is 4.90 Å². The van der Waals surface area contributed by atoms with Gasteiger partial charge in [-0.15, -0.1) is 12.4 Å². The molecule has 0 bridgehead atoms. The zero-order valence-corrected chi connectivity index (χ0v) is 12.1. The van der Waals surface area contributed by atoms with Gasteiger partial charge in [-0.05, 0) is 13.1 Å². The molecule has 0 spiro atoms. The number of hydrogen-bond donors (Lipinski definition) is 0. The molecule has 1 heterocycles. The maximum Gasteiger partial charge on any atom is 0.287 e. The van der Waals surface area contributed by atoms with Crippen molar-refractivity contribution in [3.8, 4) is 0 Å². The Morgan fingerprint density at radius 3 is 2.47 bits per heavy atom. The van der Waals surface area contributed by atoms with E-state index in [4.69, 9.17) is 23.2 Å². The van der Waals surface area contributed by atoms with E-state index in [9.17, 15) is 4.79 Å². The second-order valence-electron chi connectivity index (χ2n) is 3.36. The number of hydrogen-bond acceptors (Lipinski definition) is 3. The van der Waals surface area contributed by atoms with Gasteiger partial charge in [0.15, 0.2) is 0 Å². The Bertz CT molecular complexity index is 404. The third-order valence-electron chi connectivity index (χ3n) is 2.46. The summed E-state index contributed by atoms with van der Waals surface area (Å²) in [4.78, 5) is 13.8. The van der Waals surface area contributed by atoms with Gasteiger partial charge in [0.1, 0.15) is 5.02 Å². The van der Waals surface area contributed by atoms with Crippen molar-refractivity contribution in [3.63, 3.8) is 0 Å². The minimum Gasteiger partial charge on any atom is -0.302 e. The van der Waals surface area contributed by atoms with Crippen LogP contribution in [0.25, 0.3) is 0 Å². The van der Waals surface area contributed by atoms with E-state index >= 15 is 0 Å². The number of likely N-dealkylation sites (N-methyl/N-ethyl adjacent to an activating group) is 1. The molecule has 4 nitrogen and oxygen atoms in total. The van der Waals surface area contributed by atoms with E-state index in [1.54, 1.807) is 0 Å². The lowest BCUT2D eigenvalue weighted by Gasteiger charge is -2.17. The summed E-state index contributed by atoms with van der Waals surface area (Å²) in [6.45, 7) is 7.36. The highest BCUT2D eigenvalue weighted by Crippen LogP contribution is 2.14. The van der Waals surface area contributed by atoms with E-state index < -0.39 is 0 Å². The second-order valence-corrected chi connectivity index (χ2v) is 4.15. The van der Waals surface area contributed by atoms with Crippen molar-refractivity contribution in [2.75, 3.05) is 19.6 Å². The molecule has 0 aliphatic heterocycles. The molecule has 1 rings (SSSR count). The van der Waals surface area contributed by atoms with Gasteiger partial charge in [-0.1, -0.05) is 37.0 Å². The zero-order chi connectivity index (χ0) is 12.1. The fourth-order valence-electron chi connectivity index (χ4n) is 1.38. The fourth-order valence-corrected chi connectivity index (χ4v) is 1.65. The normalized spacial score (nSPS) is 10.4. The van der Waals surface area contributed by atoms with Crippen LogP contribution in [0, 0.1) is 0 Å². The number of nitrogens with zero attached hydrogens (tertiary/aromatic N) is 3. The van der Waals surface area contributed by atoms with E-state index in [-0.39, 0.29) is 28.0 Å². The minimum absolute atomic E-state index is 0. The summed E-state index contributed by atoms with van der Waals surface area (Å²) < 4.78 is 1.34. The van der Waals surface area contributed by atoms with Crippen LogP contribution >= 0.6 is 35.6 Å². The van der Waals surface area contributed by atoms with Crippen molar-refractivity contribution in [2.24, 2.45) is 0 Å². The quantitative estimate of drug-likeness (QED) is 0.837. The lowest BCUT2D eigenvalue weighted by molar-refractivity contribution is 0.282. The lowest BCUT2D eigenvalue weighted by Crippen LogP contribution is -2.32. The lowest BCUT2D eigenvalue weighted by atomic mass is 10.4. The third-order valence-corrected chi connectivity index (χ3v) is 3.21. The molecule has 98 valence electrons. The van der Waals surface area contributed by atoms with Crippen molar-refractivity contribution in [1.82, 2.24) is 14.7 Å². The summed E-state index contributed by atoms with van der Waals surface area (Å²) in [5.74, 6) is 0. The molecule has 1 aromatic heterocycles. The molecule has 0 N–H and O–H groups in total. The molecule has 0 aliphatic rings. The van der Waals surface area contributed by atoms with Crippen molar-refractivity contribution in [1.29, 1.82) is 0 Å². The molecule has 0 amide bonds. The van der Waals surface area contributed by atoms with Crippen LogP contribution in [-0.2, 0) is 6.54 Å². The molecule has 0 radical (unpaired) electrons. The predicted octanol–water partition coefficient (Wildman–Crippen LogP) is 2.31. The van der Waals surface area contributed by atoms with Crippen LogP contribution in [0.2, 0.25) is 10.0 Å². The fraction of sp³-hybridized carbons (Fsp3) is 0.600. The molecule has 0 aromatic carbocycles. The number of aromatic nitrogens is 2. The van der Waals surface area contributed by atoms with Gasteiger partial charge in [-0.25, -0.2) is 4.68 Å².